The lowest BCUT2D eigenvalue weighted by Crippen LogP contribution is -2.20. The zero-order valence-electron chi connectivity index (χ0n) is 4.26. The van der Waals surface area contributed by atoms with Gasteiger partial charge in [0.25, 0.3) is 0 Å². The van der Waals surface area contributed by atoms with Gasteiger partial charge >= 0.3 is 5.97 Å². The number of aliphatic carboxylic acids is 1. The lowest BCUT2D eigenvalue weighted by Gasteiger charge is -1.95. The van der Waals surface area contributed by atoms with Gasteiger partial charge in [0.05, 0.1) is 0 Å². The average molecular weight is 133 g/mol. The van der Waals surface area contributed by atoms with E-state index in [4.69, 9.17) is 5.11 Å². The number of nitrogens with one attached hydrogen (secondary N) is 1. The third-order valence-corrected chi connectivity index (χ3v) is 2.13. The molecule has 0 aromatic heterocycles. The third-order valence-electron chi connectivity index (χ3n) is 0.992. The predicted molar refractivity (Wildman–Crippen MR) is 31.9 cm³/mol. The average Bonchev–Trinajstić information content (AvgIpc) is 2.12. The molecular weight excluding hydrogens is 126 g/mol. The molecule has 3 nitrogen and oxygen atoms in total. The van der Waals surface area contributed by atoms with Crippen LogP contribution in [-0.2, 0) is 4.79 Å². The summed E-state index contributed by atoms with van der Waals surface area (Å²) in [5, 5.41) is 11.1. The molecule has 1 aliphatic heterocycles. The summed E-state index contributed by atoms with van der Waals surface area (Å²) < 4.78 is 0. The molecule has 0 spiro atoms. The number of hydrogen-bond donors (Lipinski definition) is 2. The second kappa shape index (κ2) is 2.37. The van der Waals surface area contributed by atoms with E-state index in [1.54, 1.807) is 0 Å². The van der Waals surface area contributed by atoms with Crippen molar-refractivity contribution in [1.29, 1.82) is 0 Å². The first-order chi connectivity index (χ1) is 3.80. The van der Waals surface area contributed by atoms with Crippen LogP contribution >= 0.6 is 11.8 Å². The van der Waals surface area contributed by atoms with Crippen molar-refractivity contribution in [1.82, 2.24) is 5.32 Å². The summed E-state index contributed by atoms with van der Waals surface area (Å²) in [7, 11) is 0. The van der Waals surface area contributed by atoms with E-state index in [-0.39, 0.29) is 5.25 Å². The second-order valence-corrected chi connectivity index (χ2v) is 2.78. The van der Waals surface area contributed by atoms with Crippen LogP contribution in [0.4, 0.5) is 0 Å². The van der Waals surface area contributed by atoms with Crippen LogP contribution in [0, 0.1) is 0 Å². The first-order valence-corrected chi connectivity index (χ1v) is 3.40. The van der Waals surface area contributed by atoms with Gasteiger partial charge in [0, 0.05) is 12.4 Å². The van der Waals surface area contributed by atoms with E-state index in [1.165, 1.54) is 11.8 Å². The number of carboxylic acids is 1. The van der Waals surface area contributed by atoms with Gasteiger partial charge in [0.2, 0.25) is 0 Å². The van der Waals surface area contributed by atoms with Crippen molar-refractivity contribution in [3.8, 4) is 0 Å². The molecule has 0 saturated carbocycles. The molecule has 2 N–H and O–H groups in total. The van der Waals surface area contributed by atoms with Crippen LogP contribution in [-0.4, -0.2) is 28.7 Å². The first kappa shape index (κ1) is 5.91. The number of thioether (sulfide) groups is 1. The predicted octanol–water partition coefficient (Wildman–Crippen LogP) is -0.266. The molecule has 46 valence electrons. The van der Waals surface area contributed by atoms with Crippen molar-refractivity contribution in [2.45, 2.75) is 5.25 Å². The topological polar surface area (TPSA) is 49.3 Å². The smallest absolute Gasteiger partial charge is 0.317 e. The largest absolute Gasteiger partial charge is 0.480 e. The van der Waals surface area contributed by atoms with Crippen LogP contribution in [0.25, 0.3) is 0 Å². The maximum Gasteiger partial charge on any atom is 0.317 e. The van der Waals surface area contributed by atoms with Crippen LogP contribution in [0.2, 0.25) is 0 Å². The molecule has 1 aliphatic rings. The molecule has 1 heterocycles. The first-order valence-electron chi connectivity index (χ1n) is 2.36. The lowest BCUT2D eigenvalue weighted by atomic mass is 10.4. The van der Waals surface area contributed by atoms with E-state index in [9.17, 15) is 4.79 Å². The highest BCUT2D eigenvalue weighted by Gasteiger charge is 2.21. The molecule has 1 atom stereocenters. The Hall–Kier alpha value is -0.220. The maximum absolute atomic E-state index is 10.1. The summed E-state index contributed by atoms with van der Waals surface area (Å²) in [6.07, 6.45) is 0. The fourth-order valence-corrected chi connectivity index (χ4v) is 1.38. The molecule has 4 heteroatoms. The van der Waals surface area contributed by atoms with Crippen molar-refractivity contribution in [3.05, 3.63) is 0 Å². The van der Waals surface area contributed by atoms with E-state index < -0.39 is 5.97 Å². The fraction of sp³-hybridized carbons (Fsp3) is 0.750. The summed E-state index contributed by atoms with van der Waals surface area (Å²) in [6, 6.07) is 0. The Balaban J connectivity index is 2.35. The summed E-state index contributed by atoms with van der Waals surface area (Å²) in [5.74, 6) is 0.0664. The molecular formula is C4H7NO2S. The Bertz CT molecular complexity index is 100. The van der Waals surface area contributed by atoms with Gasteiger partial charge in [-0.25, -0.2) is 0 Å². The zero-order chi connectivity index (χ0) is 5.98. The van der Waals surface area contributed by atoms with Crippen LogP contribution in [0.15, 0.2) is 0 Å². The van der Waals surface area contributed by atoms with Gasteiger partial charge in [-0.1, -0.05) is 0 Å². The maximum atomic E-state index is 10.1. The third kappa shape index (κ3) is 1.14. The minimum Gasteiger partial charge on any atom is -0.480 e. The van der Waals surface area contributed by atoms with Crippen LogP contribution in [0.3, 0.4) is 0 Å². The van der Waals surface area contributed by atoms with Crippen LogP contribution in [0.1, 0.15) is 0 Å². The summed E-state index contributed by atoms with van der Waals surface area (Å²) >= 11 is 1.44. The van der Waals surface area contributed by atoms with E-state index in [1.807, 2.05) is 0 Å². The highest BCUT2D eigenvalue weighted by atomic mass is 32.2. The van der Waals surface area contributed by atoms with Crippen molar-refractivity contribution >= 4 is 17.7 Å². The normalized spacial score (nSPS) is 28.2. The van der Waals surface area contributed by atoms with Crippen LogP contribution < -0.4 is 5.32 Å². The summed E-state index contributed by atoms with van der Waals surface area (Å²) in [4.78, 5) is 10.1. The Morgan fingerprint density at radius 2 is 2.62 bits per heavy atom. The SMILES string of the molecule is O=C(O)C1CNCS1. The molecule has 8 heavy (non-hydrogen) atoms. The molecule has 0 bridgehead atoms. The molecule has 1 fully saturated rings. The van der Waals surface area contributed by atoms with E-state index >= 15 is 0 Å². The van der Waals surface area contributed by atoms with E-state index in [0.29, 0.717) is 6.54 Å². The number of hydrogen-bond acceptors (Lipinski definition) is 3. The Morgan fingerprint density at radius 1 is 1.88 bits per heavy atom. The van der Waals surface area contributed by atoms with Gasteiger partial charge in [-0.3, -0.25) is 4.79 Å². The highest BCUT2D eigenvalue weighted by molar-refractivity contribution is 8.00. The summed E-state index contributed by atoms with van der Waals surface area (Å²) in [5.41, 5.74) is 0. The molecule has 0 aromatic carbocycles. The number of rotatable bonds is 1. The minimum absolute atomic E-state index is 0.213. The van der Waals surface area contributed by atoms with Crippen molar-refractivity contribution in [2.75, 3.05) is 12.4 Å². The molecule has 0 amide bonds. The van der Waals surface area contributed by atoms with Gasteiger partial charge in [-0.05, 0) is 0 Å². The van der Waals surface area contributed by atoms with Crippen molar-refractivity contribution in [3.63, 3.8) is 0 Å². The molecule has 0 radical (unpaired) electrons. The molecule has 1 unspecified atom stereocenters. The minimum atomic E-state index is -0.708. The second-order valence-electron chi connectivity index (χ2n) is 1.59. The van der Waals surface area contributed by atoms with Gasteiger partial charge in [0.1, 0.15) is 5.25 Å². The monoisotopic (exact) mass is 133 g/mol. The van der Waals surface area contributed by atoms with Gasteiger partial charge in [0.15, 0.2) is 0 Å². The highest BCUT2D eigenvalue weighted by Crippen LogP contribution is 2.13. The van der Waals surface area contributed by atoms with Gasteiger partial charge in [-0.15, -0.1) is 11.8 Å². The summed E-state index contributed by atoms with van der Waals surface area (Å²) in [6.45, 7) is 0.611. The Morgan fingerprint density at radius 3 is 2.88 bits per heavy atom. The van der Waals surface area contributed by atoms with Crippen molar-refractivity contribution in [2.24, 2.45) is 0 Å². The quantitative estimate of drug-likeness (QED) is 0.517. The van der Waals surface area contributed by atoms with Crippen LogP contribution in [0.5, 0.6) is 0 Å². The van der Waals surface area contributed by atoms with Gasteiger partial charge < -0.3 is 10.4 Å². The molecule has 1 saturated heterocycles. The zero-order valence-corrected chi connectivity index (χ0v) is 5.07. The molecule has 1 rings (SSSR count). The lowest BCUT2D eigenvalue weighted by molar-refractivity contribution is -0.136. The van der Waals surface area contributed by atoms with Crippen molar-refractivity contribution < 1.29 is 9.90 Å². The number of carboxylic acid groups (broad SMARTS) is 1. The Kier molecular flexibility index (Phi) is 1.75. The molecule has 0 aromatic rings. The number of carbonyl (C=O) groups is 1. The van der Waals surface area contributed by atoms with Gasteiger partial charge in [-0.2, -0.15) is 0 Å². The van der Waals surface area contributed by atoms with E-state index in [0.717, 1.165) is 5.88 Å². The van der Waals surface area contributed by atoms with E-state index in [2.05, 4.69) is 5.32 Å². The fourth-order valence-electron chi connectivity index (χ4n) is 0.567. The Labute approximate surface area is 51.5 Å². The molecule has 0 aliphatic carbocycles. The standard InChI is InChI=1S/C4H7NO2S/c6-4(7)3-1-5-2-8-3/h3,5H,1-2H2,(H,6,7).